The number of amides is 2. The van der Waals surface area contributed by atoms with E-state index in [9.17, 15) is 9.59 Å². The highest BCUT2D eigenvalue weighted by molar-refractivity contribution is 6.00. The fraction of sp³-hybridized carbons (Fsp3) is 0.556. The summed E-state index contributed by atoms with van der Waals surface area (Å²) < 4.78 is 6.06. The van der Waals surface area contributed by atoms with Gasteiger partial charge in [0, 0.05) is 6.42 Å². The van der Waals surface area contributed by atoms with Gasteiger partial charge in [0.05, 0.1) is 12.0 Å². The summed E-state index contributed by atoms with van der Waals surface area (Å²) >= 11 is 0. The molecule has 2 heterocycles. The second-order valence-corrected chi connectivity index (χ2v) is 6.48. The zero-order chi connectivity index (χ0) is 16.2. The molecule has 124 valence electrons. The van der Waals surface area contributed by atoms with Gasteiger partial charge in [-0.25, -0.2) is 0 Å². The molecule has 2 N–H and O–H groups in total. The average molecular weight is 316 g/mol. The maximum absolute atomic E-state index is 11.9. The Hall–Kier alpha value is -1.88. The fourth-order valence-corrected chi connectivity index (χ4v) is 3.41. The maximum Gasteiger partial charge on any atom is 0.234 e. The molecule has 0 spiro atoms. The van der Waals surface area contributed by atoms with Gasteiger partial charge in [0.25, 0.3) is 0 Å². The van der Waals surface area contributed by atoms with E-state index < -0.39 is 0 Å². The van der Waals surface area contributed by atoms with Gasteiger partial charge in [-0.05, 0) is 62.9 Å². The molecule has 5 heteroatoms. The summed E-state index contributed by atoms with van der Waals surface area (Å²) in [5.41, 5.74) is 0.942. The molecule has 0 aliphatic carbocycles. The lowest BCUT2D eigenvalue weighted by molar-refractivity contribution is -0.134. The van der Waals surface area contributed by atoms with Crippen LogP contribution >= 0.6 is 0 Å². The quantitative estimate of drug-likeness (QED) is 0.834. The van der Waals surface area contributed by atoms with E-state index in [1.54, 1.807) is 0 Å². The van der Waals surface area contributed by atoms with E-state index in [0.29, 0.717) is 18.8 Å². The molecule has 5 nitrogen and oxygen atoms in total. The number of rotatable bonds is 4. The van der Waals surface area contributed by atoms with E-state index >= 15 is 0 Å². The van der Waals surface area contributed by atoms with E-state index in [1.807, 2.05) is 24.3 Å². The number of ether oxygens (including phenoxy) is 1. The Labute approximate surface area is 136 Å². The Balaban J connectivity index is 1.60. The molecule has 2 aliphatic heterocycles. The molecule has 0 bridgehead atoms. The summed E-state index contributed by atoms with van der Waals surface area (Å²) in [7, 11) is 0. The molecule has 0 aromatic heterocycles. The van der Waals surface area contributed by atoms with E-state index in [0.717, 1.165) is 37.2 Å². The van der Waals surface area contributed by atoms with Gasteiger partial charge in [0.15, 0.2) is 0 Å². The van der Waals surface area contributed by atoms with Gasteiger partial charge in [-0.2, -0.15) is 0 Å². The molecule has 3 rings (SSSR count). The first kappa shape index (κ1) is 16.0. The summed E-state index contributed by atoms with van der Waals surface area (Å²) in [4.78, 5) is 23.1. The van der Waals surface area contributed by atoms with Crippen molar-refractivity contribution < 1.29 is 14.3 Å². The van der Waals surface area contributed by atoms with E-state index in [-0.39, 0.29) is 23.8 Å². The molecule has 1 unspecified atom stereocenters. The SMILES string of the molecule is C[C@H](Oc1ccc(C2CCC(=O)NC2=O)cc1)C1CCNCC1. The molecule has 2 saturated heterocycles. The molecular formula is C18H24N2O3. The summed E-state index contributed by atoms with van der Waals surface area (Å²) in [6.07, 6.45) is 3.47. The van der Waals surface area contributed by atoms with Crippen LogP contribution in [-0.4, -0.2) is 31.0 Å². The molecule has 2 atom stereocenters. The number of benzene rings is 1. The zero-order valence-electron chi connectivity index (χ0n) is 13.5. The van der Waals surface area contributed by atoms with Crippen LogP contribution in [0.2, 0.25) is 0 Å². The maximum atomic E-state index is 11.9. The second-order valence-electron chi connectivity index (χ2n) is 6.48. The second kappa shape index (κ2) is 7.13. The van der Waals surface area contributed by atoms with Crippen LogP contribution in [0, 0.1) is 5.92 Å². The largest absolute Gasteiger partial charge is 0.490 e. The van der Waals surface area contributed by atoms with Crippen LogP contribution < -0.4 is 15.4 Å². The van der Waals surface area contributed by atoms with Gasteiger partial charge in [-0.3, -0.25) is 14.9 Å². The number of imide groups is 1. The Kier molecular flexibility index (Phi) is 4.96. The third kappa shape index (κ3) is 3.91. The Morgan fingerprint density at radius 2 is 1.78 bits per heavy atom. The van der Waals surface area contributed by atoms with Gasteiger partial charge in [-0.1, -0.05) is 12.1 Å². The Morgan fingerprint density at radius 1 is 1.09 bits per heavy atom. The predicted molar refractivity (Wildman–Crippen MR) is 87.3 cm³/mol. The molecule has 0 saturated carbocycles. The average Bonchev–Trinajstić information content (AvgIpc) is 2.57. The minimum Gasteiger partial charge on any atom is -0.490 e. The van der Waals surface area contributed by atoms with Gasteiger partial charge in [0.2, 0.25) is 11.8 Å². The van der Waals surface area contributed by atoms with Crippen LogP contribution in [-0.2, 0) is 9.59 Å². The van der Waals surface area contributed by atoms with Crippen molar-refractivity contribution >= 4 is 11.8 Å². The van der Waals surface area contributed by atoms with Crippen molar-refractivity contribution in [1.29, 1.82) is 0 Å². The fourth-order valence-electron chi connectivity index (χ4n) is 3.41. The third-order valence-corrected chi connectivity index (χ3v) is 4.89. The molecule has 0 radical (unpaired) electrons. The van der Waals surface area contributed by atoms with Crippen molar-refractivity contribution in [3.63, 3.8) is 0 Å². The number of piperidine rings is 2. The topological polar surface area (TPSA) is 67.4 Å². The Bertz CT molecular complexity index is 564. The van der Waals surface area contributed by atoms with Gasteiger partial charge >= 0.3 is 0 Å². The number of hydrogen-bond donors (Lipinski definition) is 2. The normalized spacial score (nSPS) is 24.1. The summed E-state index contributed by atoms with van der Waals surface area (Å²) in [5, 5.41) is 5.77. The van der Waals surface area contributed by atoms with Gasteiger partial charge in [0.1, 0.15) is 5.75 Å². The summed E-state index contributed by atoms with van der Waals surface area (Å²) in [6.45, 7) is 4.25. The predicted octanol–water partition coefficient (Wildman–Crippen LogP) is 1.97. The van der Waals surface area contributed by atoms with Crippen molar-refractivity contribution in [3.8, 4) is 5.75 Å². The van der Waals surface area contributed by atoms with Crippen LogP contribution in [0.1, 0.15) is 44.1 Å². The zero-order valence-corrected chi connectivity index (χ0v) is 13.5. The molecule has 2 aliphatic rings. The molecular weight excluding hydrogens is 292 g/mol. The molecule has 23 heavy (non-hydrogen) atoms. The lowest BCUT2D eigenvalue weighted by atomic mass is 9.90. The Morgan fingerprint density at radius 3 is 2.43 bits per heavy atom. The molecule has 1 aromatic rings. The number of nitrogens with one attached hydrogen (secondary N) is 2. The van der Waals surface area contributed by atoms with Crippen molar-refractivity contribution in [1.82, 2.24) is 10.6 Å². The first-order chi connectivity index (χ1) is 11.1. The monoisotopic (exact) mass is 316 g/mol. The number of carbonyl (C=O) groups is 2. The van der Waals surface area contributed by atoms with E-state index in [4.69, 9.17) is 4.74 Å². The highest BCUT2D eigenvalue weighted by Crippen LogP contribution is 2.27. The van der Waals surface area contributed by atoms with Crippen molar-refractivity contribution in [2.45, 2.75) is 44.6 Å². The van der Waals surface area contributed by atoms with Crippen LogP contribution in [0.3, 0.4) is 0 Å². The van der Waals surface area contributed by atoms with Gasteiger partial charge < -0.3 is 10.1 Å². The van der Waals surface area contributed by atoms with E-state index in [2.05, 4.69) is 17.6 Å². The number of hydrogen-bond acceptors (Lipinski definition) is 4. The lowest BCUT2D eigenvalue weighted by Crippen LogP contribution is -2.39. The number of carbonyl (C=O) groups excluding carboxylic acids is 2. The molecule has 2 fully saturated rings. The minimum atomic E-state index is -0.233. The first-order valence-corrected chi connectivity index (χ1v) is 8.44. The van der Waals surface area contributed by atoms with Gasteiger partial charge in [-0.15, -0.1) is 0 Å². The van der Waals surface area contributed by atoms with Crippen molar-refractivity contribution in [2.75, 3.05) is 13.1 Å². The lowest BCUT2D eigenvalue weighted by Gasteiger charge is -2.28. The van der Waals surface area contributed by atoms with Crippen molar-refractivity contribution in [3.05, 3.63) is 29.8 Å². The highest BCUT2D eigenvalue weighted by atomic mass is 16.5. The molecule has 1 aromatic carbocycles. The van der Waals surface area contributed by atoms with Crippen LogP contribution in [0.4, 0.5) is 0 Å². The van der Waals surface area contributed by atoms with Crippen LogP contribution in [0.5, 0.6) is 5.75 Å². The van der Waals surface area contributed by atoms with Crippen molar-refractivity contribution in [2.24, 2.45) is 5.92 Å². The minimum absolute atomic E-state index is 0.179. The summed E-state index contributed by atoms with van der Waals surface area (Å²) in [5.74, 6) is 0.821. The standard InChI is InChI=1S/C18H24N2O3/c1-12(13-8-10-19-11-9-13)23-15-4-2-14(3-5-15)16-6-7-17(21)20-18(16)22/h2-5,12-13,16,19H,6-11H2,1H3,(H,20,21,22)/t12-,16?/m0/s1. The van der Waals surface area contributed by atoms with Crippen LogP contribution in [0.25, 0.3) is 0 Å². The third-order valence-electron chi connectivity index (χ3n) is 4.89. The summed E-state index contributed by atoms with van der Waals surface area (Å²) in [6, 6.07) is 7.72. The van der Waals surface area contributed by atoms with E-state index in [1.165, 1.54) is 0 Å². The van der Waals surface area contributed by atoms with Crippen LogP contribution in [0.15, 0.2) is 24.3 Å². The molecule has 2 amide bonds. The first-order valence-electron chi connectivity index (χ1n) is 8.44. The highest BCUT2D eigenvalue weighted by Gasteiger charge is 2.28. The smallest absolute Gasteiger partial charge is 0.234 e.